The van der Waals surface area contributed by atoms with E-state index in [4.69, 9.17) is 26.8 Å². The molecule has 15 heteroatoms. The number of alkyl halides is 1. The molecule has 1 aliphatic heterocycles. The van der Waals surface area contributed by atoms with E-state index in [0.717, 1.165) is 0 Å². The molecular weight excluding hydrogens is 448 g/mol. The van der Waals surface area contributed by atoms with Crippen LogP contribution in [-0.2, 0) is 30.1 Å². The second-order valence-corrected chi connectivity index (χ2v) is 8.51. The lowest BCUT2D eigenvalue weighted by Crippen LogP contribution is -2.30. The number of imidazole rings is 1. The lowest BCUT2D eigenvalue weighted by molar-refractivity contribution is -0.154. The zero-order chi connectivity index (χ0) is 22.1. The Morgan fingerprint density at radius 2 is 2.27 bits per heavy atom. The second kappa shape index (κ2) is 9.08. The standard InChI is InChI=1S/C15H20ClFN5O7P/c1-2-27-13(23)14(30(24,25)26)28-5-7-3-8(17)9(29-7)4-22-6-19-10-11(18)20-15(16)21-12(10)22/h6-9,14H,2-5H2,1H3,(H2,18,20,21)(H2,24,25,26)/t7-,8-,9-,14+/m0/s1. The van der Waals surface area contributed by atoms with Crippen molar-refractivity contribution in [1.29, 1.82) is 0 Å². The van der Waals surface area contributed by atoms with Crippen molar-refractivity contribution >= 4 is 42.1 Å². The summed E-state index contributed by atoms with van der Waals surface area (Å²) in [6.07, 6.45) is -1.84. The van der Waals surface area contributed by atoms with Crippen LogP contribution >= 0.6 is 19.2 Å². The lowest BCUT2D eigenvalue weighted by atomic mass is 10.1. The summed E-state index contributed by atoms with van der Waals surface area (Å²) < 4.78 is 42.7. The summed E-state index contributed by atoms with van der Waals surface area (Å²) in [4.78, 5) is 42.2. The number of aromatic nitrogens is 4. The van der Waals surface area contributed by atoms with Gasteiger partial charge in [-0.3, -0.25) is 4.57 Å². The fourth-order valence-corrected chi connectivity index (χ4v) is 3.84. The number of anilines is 1. The van der Waals surface area contributed by atoms with Crippen molar-refractivity contribution in [1.82, 2.24) is 19.5 Å². The third-order valence-corrected chi connectivity index (χ3v) is 5.47. The molecule has 0 radical (unpaired) electrons. The molecule has 30 heavy (non-hydrogen) atoms. The average Bonchev–Trinajstić information content (AvgIpc) is 3.18. The van der Waals surface area contributed by atoms with Crippen molar-refractivity contribution in [2.45, 2.75) is 44.1 Å². The SMILES string of the molecule is CCOC(=O)[C@H](OC[C@@H]1C[C@H](F)[C@H](Cn2cnc3c(N)nc(Cl)nc32)O1)P(=O)(O)O. The predicted molar refractivity (Wildman–Crippen MR) is 101 cm³/mol. The highest BCUT2D eigenvalue weighted by Gasteiger charge is 2.41. The van der Waals surface area contributed by atoms with Gasteiger partial charge in [-0.1, -0.05) is 0 Å². The summed E-state index contributed by atoms with van der Waals surface area (Å²) >= 11 is 5.81. The molecule has 0 amide bonds. The van der Waals surface area contributed by atoms with E-state index in [9.17, 15) is 23.5 Å². The smallest absolute Gasteiger partial charge is 0.365 e. The number of nitrogen functional groups attached to an aromatic ring is 1. The second-order valence-electron chi connectivity index (χ2n) is 6.52. The van der Waals surface area contributed by atoms with Gasteiger partial charge in [-0.15, -0.1) is 0 Å². The van der Waals surface area contributed by atoms with E-state index >= 15 is 0 Å². The van der Waals surface area contributed by atoms with Gasteiger partial charge in [-0.05, 0) is 18.5 Å². The zero-order valence-electron chi connectivity index (χ0n) is 15.7. The van der Waals surface area contributed by atoms with Crippen LogP contribution in [0, 0.1) is 0 Å². The number of ether oxygens (including phenoxy) is 3. The Labute approximate surface area is 174 Å². The molecule has 0 spiro atoms. The number of esters is 1. The highest BCUT2D eigenvalue weighted by Crippen LogP contribution is 2.43. The first-order chi connectivity index (χ1) is 14.1. The van der Waals surface area contributed by atoms with Crippen molar-refractivity contribution in [3.8, 4) is 0 Å². The maximum atomic E-state index is 14.5. The molecular formula is C15H20ClFN5O7P. The summed E-state index contributed by atoms with van der Waals surface area (Å²) in [7, 11) is -4.93. The minimum Gasteiger partial charge on any atom is -0.464 e. The topological polar surface area (TPSA) is 172 Å². The number of nitrogens with zero attached hydrogens (tertiary/aromatic N) is 4. The molecule has 1 aliphatic rings. The highest BCUT2D eigenvalue weighted by molar-refractivity contribution is 7.53. The highest BCUT2D eigenvalue weighted by atomic mass is 35.5. The minimum atomic E-state index is -4.93. The molecule has 3 heterocycles. The molecule has 0 aliphatic carbocycles. The van der Waals surface area contributed by atoms with Gasteiger partial charge in [0.15, 0.2) is 11.5 Å². The van der Waals surface area contributed by atoms with Gasteiger partial charge in [0.2, 0.25) is 5.28 Å². The molecule has 0 saturated carbocycles. The third kappa shape index (κ3) is 5.05. The van der Waals surface area contributed by atoms with E-state index in [0.29, 0.717) is 11.2 Å². The molecule has 1 saturated heterocycles. The van der Waals surface area contributed by atoms with Gasteiger partial charge < -0.3 is 34.3 Å². The Bertz CT molecular complexity index is 972. The van der Waals surface area contributed by atoms with Gasteiger partial charge in [0.05, 0.1) is 32.2 Å². The summed E-state index contributed by atoms with van der Waals surface area (Å²) in [5.74, 6) is -3.21. The molecule has 0 unspecified atom stereocenters. The maximum absolute atomic E-state index is 14.5. The molecule has 0 aromatic carbocycles. The molecule has 2 aromatic rings. The largest absolute Gasteiger partial charge is 0.464 e. The number of rotatable bonds is 8. The van der Waals surface area contributed by atoms with Crippen molar-refractivity contribution in [2.24, 2.45) is 0 Å². The van der Waals surface area contributed by atoms with Crippen LogP contribution in [0.5, 0.6) is 0 Å². The molecule has 4 atom stereocenters. The molecule has 2 aromatic heterocycles. The van der Waals surface area contributed by atoms with Gasteiger partial charge in [0.1, 0.15) is 17.8 Å². The molecule has 3 rings (SSSR count). The molecule has 12 nitrogen and oxygen atoms in total. The Kier molecular flexibility index (Phi) is 6.90. The number of hydrogen-bond donors (Lipinski definition) is 3. The van der Waals surface area contributed by atoms with Crippen LogP contribution in [0.4, 0.5) is 10.2 Å². The Morgan fingerprint density at radius 3 is 2.93 bits per heavy atom. The Balaban J connectivity index is 1.65. The summed E-state index contributed by atoms with van der Waals surface area (Å²) in [6, 6.07) is 0. The van der Waals surface area contributed by atoms with Gasteiger partial charge in [-0.25, -0.2) is 14.2 Å². The normalized spacial score (nSPS) is 23.0. The first-order valence-electron chi connectivity index (χ1n) is 8.87. The van der Waals surface area contributed by atoms with E-state index in [1.165, 1.54) is 17.8 Å². The Morgan fingerprint density at radius 1 is 1.53 bits per heavy atom. The van der Waals surface area contributed by atoms with Crippen LogP contribution in [0.15, 0.2) is 6.33 Å². The number of carbonyl (C=O) groups is 1. The Hall–Kier alpha value is -1.89. The quantitative estimate of drug-likeness (QED) is 0.282. The summed E-state index contributed by atoms with van der Waals surface area (Å²) in [5.41, 5.74) is 6.37. The van der Waals surface area contributed by atoms with E-state index in [1.807, 2.05) is 0 Å². The number of carbonyl (C=O) groups excluding carboxylic acids is 1. The van der Waals surface area contributed by atoms with Crippen LogP contribution in [0.2, 0.25) is 5.28 Å². The lowest BCUT2D eigenvalue weighted by Gasteiger charge is -2.20. The molecule has 166 valence electrons. The van der Waals surface area contributed by atoms with Gasteiger partial charge in [0, 0.05) is 6.42 Å². The van der Waals surface area contributed by atoms with E-state index in [-0.39, 0.29) is 30.7 Å². The van der Waals surface area contributed by atoms with Crippen molar-refractivity contribution < 1.29 is 37.7 Å². The fraction of sp³-hybridized carbons (Fsp3) is 0.600. The molecule has 1 fully saturated rings. The van der Waals surface area contributed by atoms with E-state index in [2.05, 4.69) is 19.7 Å². The van der Waals surface area contributed by atoms with Crippen molar-refractivity contribution in [3.63, 3.8) is 0 Å². The van der Waals surface area contributed by atoms with Crippen LogP contribution < -0.4 is 5.73 Å². The fourth-order valence-electron chi connectivity index (χ4n) is 3.04. The summed E-state index contributed by atoms with van der Waals surface area (Å²) in [6.45, 7) is 1.03. The van der Waals surface area contributed by atoms with Crippen LogP contribution in [0.3, 0.4) is 0 Å². The van der Waals surface area contributed by atoms with Gasteiger partial charge in [-0.2, -0.15) is 9.97 Å². The third-order valence-electron chi connectivity index (χ3n) is 4.33. The average molecular weight is 468 g/mol. The maximum Gasteiger partial charge on any atom is 0.365 e. The molecule has 0 bridgehead atoms. The van der Waals surface area contributed by atoms with Crippen molar-refractivity contribution in [3.05, 3.63) is 11.6 Å². The number of nitrogens with two attached hydrogens (primary N) is 1. The first-order valence-corrected chi connectivity index (χ1v) is 10.9. The van der Waals surface area contributed by atoms with Crippen LogP contribution in [-0.4, -0.2) is 72.7 Å². The van der Waals surface area contributed by atoms with Crippen LogP contribution in [0.1, 0.15) is 13.3 Å². The van der Waals surface area contributed by atoms with E-state index in [1.54, 1.807) is 0 Å². The number of hydrogen-bond acceptors (Lipinski definition) is 9. The number of fused-ring (bicyclic) bond motifs is 1. The minimum absolute atomic E-state index is 0.0285. The molecule has 4 N–H and O–H groups in total. The van der Waals surface area contributed by atoms with Crippen LogP contribution in [0.25, 0.3) is 11.2 Å². The zero-order valence-corrected chi connectivity index (χ0v) is 17.4. The van der Waals surface area contributed by atoms with E-state index < -0.39 is 44.4 Å². The number of halogens is 2. The summed E-state index contributed by atoms with van der Waals surface area (Å²) in [5, 5.41) is -0.0837. The van der Waals surface area contributed by atoms with Gasteiger partial charge >= 0.3 is 13.6 Å². The monoisotopic (exact) mass is 467 g/mol. The predicted octanol–water partition coefficient (Wildman–Crippen LogP) is 0.641. The van der Waals surface area contributed by atoms with Gasteiger partial charge in [0.25, 0.3) is 5.85 Å². The van der Waals surface area contributed by atoms with Crippen molar-refractivity contribution in [2.75, 3.05) is 18.9 Å². The first kappa shape index (κ1) is 22.8.